The maximum atomic E-state index is 13.5. The third-order valence-corrected chi connectivity index (χ3v) is 6.25. The van der Waals surface area contributed by atoms with E-state index in [0.717, 1.165) is 11.1 Å². The Kier molecular flexibility index (Phi) is 5.53. The second-order valence-corrected chi connectivity index (χ2v) is 8.05. The van der Waals surface area contributed by atoms with Gasteiger partial charge in [0.25, 0.3) is 0 Å². The lowest BCUT2D eigenvalue weighted by Crippen LogP contribution is -2.49. The lowest BCUT2D eigenvalue weighted by atomic mass is 9.85. The predicted molar refractivity (Wildman–Crippen MR) is 114 cm³/mol. The van der Waals surface area contributed by atoms with Gasteiger partial charge in [-0.2, -0.15) is 0 Å². The van der Waals surface area contributed by atoms with Crippen molar-refractivity contribution < 1.29 is 14.4 Å². The van der Waals surface area contributed by atoms with Gasteiger partial charge in [-0.1, -0.05) is 72.8 Å². The molecule has 1 aliphatic heterocycles. The monoisotopic (exact) mass is 402 g/mol. The van der Waals surface area contributed by atoms with Crippen molar-refractivity contribution in [2.75, 3.05) is 7.05 Å². The fourth-order valence-corrected chi connectivity index (χ4v) is 4.65. The summed E-state index contributed by atoms with van der Waals surface area (Å²) in [5.74, 6) is -1.36. The van der Waals surface area contributed by atoms with E-state index in [9.17, 15) is 14.4 Å². The Labute approximate surface area is 177 Å². The van der Waals surface area contributed by atoms with E-state index in [1.54, 1.807) is 18.9 Å². The molecule has 4 rings (SSSR count). The number of nitrogens with zero attached hydrogens (tertiary/aromatic N) is 2. The molecule has 2 aromatic rings. The second kappa shape index (κ2) is 8.27. The number of carbonyl (C=O) groups excluding carboxylic acids is 3. The van der Waals surface area contributed by atoms with Gasteiger partial charge in [0.1, 0.15) is 6.04 Å². The first-order valence-electron chi connectivity index (χ1n) is 10.4. The number of rotatable bonds is 5. The number of imide groups is 1. The predicted octanol–water partition coefficient (Wildman–Crippen LogP) is 3.57. The van der Waals surface area contributed by atoms with E-state index in [4.69, 9.17) is 0 Å². The highest BCUT2D eigenvalue weighted by atomic mass is 16.2. The highest BCUT2D eigenvalue weighted by molar-refractivity contribution is 6.08. The number of hydrogen-bond donors (Lipinski definition) is 0. The van der Waals surface area contributed by atoms with E-state index in [1.165, 1.54) is 4.90 Å². The van der Waals surface area contributed by atoms with Crippen molar-refractivity contribution in [3.63, 3.8) is 0 Å². The molecule has 1 saturated heterocycles. The van der Waals surface area contributed by atoms with Crippen molar-refractivity contribution in [1.29, 1.82) is 0 Å². The molecule has 154 valence electrons. The molecule has 1 fully saturated rings. The van der Waals surface area contributed by atoms with E-state index in [0.29, 0.717) is 12.8 Å². The van der Waals surface area contributed by atoms with Gasteiger partial charge < -0.3 is 4.90 Å². The summed E-state index contributed by atoms with van der Waals surface area (Å²) in [6.07, 6.45) is 5.04. The molecule has 5 heteroatoms. The number of allylic oxidation sites excluding steroid dienone is 2. The van der Waals surface area contributed by atoms with Crippen LogP contribution in [0.2, 0.25) is 0 Å². The molecule has 3 amide bonds. The Bertz CT molecular complexity index is 905. The van der Waals surface area contributed by atoms with Crippen LogP contribution in [0.3, 0.4) is 0 Å². The second-order valence-electron chi connectivity index (χ2n) is 8.05. The van der Waals surface area contributed by atoms with Gasteiger partial charge in [-0.3, -0.25) is 19.3 Å². The summed E-state index contributed by atoms with van der Waals surface area (Å²) in [5.41, 5.74) is 1.95. The van der Waals surface area contributed by atoms with Gasteiger partial charge in [0, 0.05) is 7.05 Å². The van der Waals surface area contributed by atoms with Crippen LogP contribution in [0.25, 0.3) is 0 Å². The summed E-state index contributed by atoms with van der Waals surface area (Å²) in [4.78, 5) is 42.2. The van der Waals surface area contributed by atoms with Gasteiger partial charge in [0.15, 0.2) is 0 Å². The summed E-state index contributed by atoms with van der Waals surface area (Å²) in [6, 6.07) is 18.4. The first kappa shape index (κ1) is 20.1. The summed E-state index contributed by atoms with van der Waals surface area (Å²) in [7, 11) is 1.74. The van der Waals surface area contributed by atoms with Crippen LogP contribution < -0.4 is 0 Å². The molecule has 0 radical (unpaired) electrons. The molecule has 2 aliphatic rings. The largest absolute Gasteiger partial charge is 0.333 e. The minimum atomic E-state index is -0.837. The van der Waals surface area contributed by atoms with Crippen LogP contribution in [0.15, 0.2) is 72.8 Å². The van der Waals surface area contributed by atoms with Crippen LogP contribution in [-0.4, -0.2) is 40.6 Å². The molecule has 5 nitrogen and oxygen atoms in total. The van der Waals surface area contributed by atoms with Crippen LogP contribution in [-0.2, 0) is 14.4 Å². The average molecular weight is 402 g/mol. The Morgan fingerprint density at radius 1 is 0.867 bits per heavy atom. The summed E-state index contributed by atoms with van der Waals surface area (Å²) in [6.45, 7) is 1.66. The molecule has 0 N–H and O–H groups in total. The van der Waals surface area contributed by atoms with Gasteiger partial charge in [0.2, 0.25) is 17.7 Å². The molecular formula is C25H26N2O3. The normalized spacial score (nSPS) is 21.6. The zero-order chi connectivity index (χ0) is 21.3. The van der Waals surface area contributed by atoms with Crippen LogP contribution >= 0.6 is 0 Å². The van der Waals surface area contributed by atoms with Gasteiger partial charge in [-0.25, -0.2) is 0 Å². The van der Waals surface area contributed by atoms with Crippen molar-refractivity contribution in [3.05, 3.63) is 83.9 Å². The fraction of sp³-hybridized carbons (Fsp3) is 0.320. The molecule has 0 unspecified atom stereocenters. The van der Waals surface area contributed by atoms with Crippen LogP contribution in [0, 0.1) is 11.8 Å². The molecule has 0 spiro atoms. The lowest BCUT2D eigenvalue weighted by Gasteiger charge is -2.33. The number of fused-ring (bicyclic) bond motifs is 1. The number of likely N-dealkylation sites (N-methyl/N-ethyl adjacent to an activating group) is 1. The van der Waals surface area contributed by atoms with E-state index >= 15 is 0 Å². The van der Waals surface area contributed by atoms with Crippen LogP contribution in [0.4, 0.5) is 0 Å². The zero-order valence-corrected chi connectivity index (χ0v) is 17.3. The SMILES string of the molecule is C[C@@H](C(=O)N(C)C(c1ccccc1)c1ccccc1)N1C(=O)[C@@H]2CC=CC[C@H]2C1=O. The number of hydrogen-bond acceptors (Lipinski definition) is 3. The van der Waals surface area contributed by atoms with Crippen LogP contribution in [0.5, 0.6) is 0 Å². The van der Waals surface area contributed by atoms with E-state index in [-0.39, 0.29) is 35.6 Å². The standard InChI is InChI=1S/C25H26N2O3/c1-17(27-24(29)20-15-9-10-16-21(20)25(27)30)23(28)26(2)22(18-11-5-3-6-12-18)19-13-7-4-8-14-19/h3-14,17,20-22H,15-16H2,1-2H3/t17-,20+,21+/m0/s1. The van der Waals surface area contributed by atoms with Crippen molar-refractivity contribution >= 4 is 17.7 Å². The first-order chi connectivity index (χ1) is 14.5. The highest BCUT2D eigenvalue weighted by Gasteiger charge is 2.50. The molecule has 3 atom stereocenters. The maximum Gasteiger partial charge on any atom is 0.246 e. The first-order valence-corrected chi connectivity index (χ1v) is 10.4. The summed E-state index contributed by atoms with van der Waals surface area (Å²) >= 11 is 0. The van der Waals surface area contributed by atoms with Crippen molar-refractivity contribution in [2.45, 2.75) is 31.8 Å². The minimum absolute atomic E-state index is 0.223. The third-order valence-electron chi connectivity index (χ3n) is 6.25. The number of amides is 3. The van der Waals surface area contributed by atoms with Gasteiger partial charge in [-0.05, 0) is 30.9 Å². The smallest absolute Gasteiger partial charge is 0.246 e. The Hall–Kier alpha value is -3.21. The molecular weight excluding hydrogens is 376 g/mol. The molecule has 0 bridgehead atoms. The lowest BCUT2D eigenvalue weighted by molar-refractivity contribution is -0.151. The summed E-state index contributed by atoms with van der Waals surface area (Å²) < 4.78 is 0. The quantitative estimate of drug-likeness (QED) is 0.567. The third kappa shape index (κ3) is 3.45. The van der Waals surface area contributed by atoms with Gasteiger partial charge >= 0.3 is 0 Å². The topological polar surface area (TPSA) is 57.7 Å². The Balaban J connectivity index is 1.62. The number of likely N-dealkylation sites (tertiary alicyclic amines) is 1. The Morgan fingerprint density at radius 3 is 1.73 bits per heavy atom. The van der Waals surface area contributed by atoms with E-state index in [2.05, 4.69) is 0 Å². The zero-order valence-electron chi connectivity index (χ0n) is 17.3. The molecule has 2 aromatic carbocycles. The summed E-state index contributed by atoms with van der Waals surface area (Å²) in [5, 5.41) is 0. The van der Waals surface area contributed by atoms with Gasteiger partial charge in [-0.15, -0.1) is 0 Å². The Morgan fingerprint density at radius 2 is 1.30 bits per heavy atom. The van der Waals surface area contributed by atoms with Crippen molar-refractivity contribution in [2.24, 2.45) is 11.8 Å². The van der Waals surface area contributed by atoms with Crippen molar-refractivity contribution in [3.8, 4) is 0 Å². The van der Waals surface area contributed by atoms with Crippen LogP contribution in [0.1, 0.15) is 36.9 Å². The molecule has 1 heterocycles. The average Bonchev–Trinajstić information content (AvgIpc) is 3.04. The number of carbonyl (C=O) groups is 3. The molecule has 0 saturated carbocycles. The molecule has 30 heavy (non-hydrogen) atoms. The fourth-order valence-electron chi connectivity index (χ4n) is 4.65. The van der Waals surface area contributed by atoms with E-state index in [1.807, 2.05) is 72.8 Å². The van der Waals surface area contributed by atoms with Gasteiger partial charge in [0.05, 0.1) is 17.9 Å². The minimum Gasteiger partial charge on any atom is -0.333 e. The molecule has 0 aromatic heterocycles. The molecule has 1 aliphatic carbocycles. The van der Waals surface area contributed by atoms with Crippen molar-refractivity contribution in [1.82, 2.24) is 9.80 Å². The van der Waals surface area contributed by atoms with E-state index < -0.39 is 6.04 Å². The maximum absolute atomic E-state index is 13.5. The highest BCUT2D eigenvalue weighted by Crippen LogP contribution is 2.37. The number of benzene rings is 2.